The number of rotatable bonds is 23. The molecule has 0 rings (SSSR count). The number of allylic oxidation sites excluding steroid dienone is 2. The van der Waals surface area contributed by atoms with Crippen LogP contribution in [0.5, 0.6) is 0 Å². The number of carbonyl (C=O) groups is 3. The van der Waals surface area contributed by atoms with Crippen molar-refractivity contribution in [3.63, 3.8) is 0 Å². The minimum atomic E-state index is -1.47. The fraction of sp³-hybridized carbons (Fsp3) is 0.828. The Morgan fingerprint density at radius 1 is 0.865 bits per heavy atom. The van der Waals surface area contributed by atoms with Crippen molar-refractivity contribution in [1.82, 2.24) is 10.6 Å². The van der Waals surface area contributed by atoms with Crippen LogP contribution in [-0.4, -0.2) is 58.4 Å². The minimum Gasteiger partial charge on any atom is -0.481 e. The number of hydrogen-bond donors (Lipinski definition) is 5. The average Bonchev–Trinajstić information content (AvgIpc) is 2.85. The molecule has 0 bridgehead atoms. The number of carboxylic acids is 1. The molecular formula is C29H54N2O6. The molecule has 0 spiro atoms. The Morgan fingerprint density at radius 3 is 1.89 bits per heavy atom. The summed E-state index contributed by atoms with van der Waals surface area (Å²) in [5, 5.41) is 34.0. The highest BCUT2D eigenvalue weighted by atomic mass is 16.4. The predicted octanol–water partition coefficient (Wildman–Crippen LogP) is 4.73. The Hall–Kier alpha value is -1.93. The second-order valence-electron chi connectivity index (χ2n) is 10.9. The molecule has 0 aromatic heterocycles. The summed E-state index contributed by atoms with van der Waals surface area (Å²) >= 11 is 0. The van der Waals surface area contributed by atoms with Crippen LogP contribution in [0.15, 0.2) is 12.2 Å². The highest BCUT2D eigenvalue weighted by Crippen LogP contribution is 2.19. The van der Waals surface area contributed by atoms with Gasteiger partial charge in [-0.05, 0) is 39.0 Å². The van der Waals surface area contributed by atoms with Gasteiger partial charge in [-0.25, -0.2) is 0 Å². The number of carbonyl (C=O) groups excluding carboxylic acids is 2. The van der Waals surface area contributed by atoms with Gasteiger partial charge in [0.1, 0.15) is 6.10 Å². The SMILES string of the molecule is CCCCCCCC/C=C\CCCCCCCC(=O)NC(C)C(CNC(=O)C(O)C(C)(C)CO)C(=O)O. The van der Waals surface area contributed by atoms with Gasteiger partial charge < -0.3 is 26.0 Å². The molecule has 3 atom stereocenters. The zero-order valence-corrected chi connectivity index (χ0v) is 23.8. The van der Waals surface area contributed by atoms with Gasteiger partial charge in [-0.3, -0.25) is 14.4 Å². The standard InChI is InChI=1S/C29H54N2O6/c1-5-6-7-8-9-10-11-12-13-14-15-16-17-18-19-20-25(33)31-23(2)24(28(36)37)21-30-27(35)26(34)29(3,4)22-32/h12-13,23-24,26,32,34H,5-11,14-22H2,1-4H3,(H,30,35)(H,31,33)(H,36,37)/b13-12-. The molecule has 0 aromatic rings. The van der Waals surface area contributed by atoms with Gasteiger partial charge in [0, 0.05) is 24.4 Å². The van der Waals surface area contributed by atoms with E-state index in [0.717, 1.165) is 38.5 Å². The lowest BCUT2D eigenvalue weighted by atomic mass is 9.87. The highest BCUT2D eigenvalue weighted by Gasteiger charge is 2.34. The van der Waals surface area contributed by atoms with Gasteiger partial charge in [-0.15, -0.1) is 0 Å². The molecule has 0 heterocycles. The molecule has 0 radical (unpaired) electrons. The lowest BCUT2D eigenvalue weighted by Gasteiger charge is -2.28. The molecule has 0 saturated carbocycles. The summed E-state index contributed by atoms with van der Waals surface area (Å²) in [4.78, 5) is 36.1. The van der Waals surface area contributed by atoms with Crippen LogP contribution < -0.4 is 10.6 Å². The first-order chi connectivity index (χ1) is 17.6. The molecule has 3 unspecified atom stereocenters. The zero-order valence-electron chi connectivity index (χ0n) is 23.8. The third-order valence-electron chi connectivity index (χ3n) is 6.87. The molecule has 216 valence electrons. The number of nitrogens with one attached hydrogen (secondary N) is 2. The van der Waals surface area contributed by atoms with Crippen molar-refractivity contribution in [2.45, 2.75) is 130 Å². The van der Waals surface area contributed by atoms with Gasteiger partial charge in [0.15, 0.2) is 0 Å². The van der Waals surface area contributed by atoms with E-state index in [1.165, 1.54) is 58.8 Å². The minimum absolute atomic E-state index is 0.204. The Labute approximate surface area is 224 Å². The maximum Gasteiger partial charge on any atom is 0.310 e. The van der Waals surface area contributed by atoms with E-state index in [1.54, 1.807) is 6.92 Å². The van der Waals surface area contributed by atoms with E-state index in [2.05, 4.69) is 29.7 Å². The molecule has 0 aliphatic heterocycles. The Kier molecular flexibility index (Phi) is 20.0. The molecule has 0 saturated heterocycles. The van der Waals surface area contributed by atoms with E-state index >= 15 is 0 Å². The van der Waals surface area contributed by atoms with Crippen LogP contribution in [0, 0.1) is 11.3 Å². The quantitative estimate of drug-likeness (QED) is 0.0965. The molecule has 8 heteroatoms. The van der Waals surface area contributed by atoms with E-state index in [9.17, 15) is 29.7 Å². The summed E-state index contributed by atoms with van der Waals surface area (Å²) < 4.78 is 0. The maximum atomic E-state index is 12.3. The van der Waals surface area contributed by atoms with Gasteiger partial charge in [0.05, 0.1) is 12.5 Å². The van der Waals surface area contributed by atoms with Crippen LogP contribution in [0.25, 0.3) is 0 Å². The second-order valence-corrected chi connectivity index (χ2v) is 10.9. The van der Waals surface area contributed by atoms with Crippen LogP contribution in [0.2, 0.25) is 0 Å². The first-order valence-electron chi connectivity index (χ1n) is 14.3. The Bertz CT molecular complexity index is 665. The van der Waals surface area contributed by atoms with E-state index in [-0.39, 0.29) is 12.5 Å². The summed E-state index contributed by atoms with van der Waals surface area (Å²) in [6.45, 7) is 6.27. The van der Waals surface area contributed by atoms with Crippen LogP contribution in [0.3, 0.4) is 0 Å². The van der Waals surface area contributed by atoms with E-state index in [4.69, 9.17) is 0 Å². The Morgan fingerprint density at radius 2 is 1.38 bits per heavy atom. The number of carboxylic acid groups (broad SMARTS) is 1. The summed E-state index contributed by atoms with van der Waals surface area (Å²) in [5.41, 5.74) is -1.05. The highest BCUT2D eigenvalue weighted by molar-refractivity contribution is 5.82. The van der Waals surface area contributed by atoms with Crippen molar-refractivity contribution in [2.75, 3.05) is 13.2 Å². The number of unbranched alkanes of at least 4 members (excludes halogenated alkanes) is 11. The fourth-order valence-electron chi connectivity index (χ4n) is 4.01. The average molecular weight is 527 g/mol. The summed E-state index contributed by atoms with van der Waals surface area (Å²) in [6, 6.07) is -0.684. The summed E-state index contributed by atoms with van der Waals surface area (Å²) in [7, 11) is 0. The molecule has 0 aliphatic carbocycles. The monoisotopic (exact) mass is 526 g/mol. The molecule has 5 N–H and O–H groups in total. The topological polar surface area (TPSA) is 136 Å². The molecule has 0 aliphatic rings. The predicted molar refractivity (Wildman–Crippen MR) is 148 cm³/mol. The van der Waals surface area contributed by atoms with Crippen molar-refractivity contribution in [2.24, 2.45) is 11.3 Å². The van der Waals surface area contributed by atoms with Gasteiger partial charge >= 0.3 is 5.97 Å². The normalized spacial score (nSPS) is 14.3. The van der Waals surface area contributed by atoms with Crippen LogP contribution >= 0.6 is 0 Å². The molecular weight excluding hydrogens is 472 g/mol. The Balaban J connectivity index is 4.02. The number of amides is 2. The molecule has 37 heavy (non-hydrogen) atoms. The molecule has 0 aromatic carbocycles. The summed E-state index contributed by atoms with van der Waals surface area (Å²) in [5.74, 6) is -3.14. The van der Waals surface area contributed by atoms with Crippen LogP contribution in [-0.2, 0) is 14.4 Å². The number of aliphatic hydroxyl groups is 2. The smallest absolute Gasteiger partial charge is 0.310 e. The lowest BCUT2D eigenvalue weighted by molar-refractivity contribution is -0.143. The van der Waals surface area contributed by atoms with Crippen molar-refractivity contribution in [1.29, 1.82) is 0 Å². The van der Waals surface area contributed by atoms with E-state index in [0.29, 0.717) is 6.42 Å². The first-order valence-corrected chi connectivity index (χ1v) is 14.3. The molecule has 8 nitrogen and oxygen atoms in total. The number of hydrogen-bond acceptors (Lipinski definition) is 5. The van der Waals surface area contributed by atoms with Gasteiger partial charge in [0.25, 0.3) is 0 Å². The molecule has 0 fully saturated rings. The number of aliphatic carboxylic acids is 1. The zero-order chi connectivity index (χ0) is 28.1. The largest absolute Gasteiger partial charge is 0.481 e. The van der Waals surface area contributed by atoms with E-state index < -0.39 is 42.0 Å². The van der Waals surface area contributed by atoms with Crippen molar-refractivity contribution < 1.29 is 29.7 Å². The molecule has 2 amide bonds. The van der Waals surface area contributed by atoms with Gasteiger partial charge in [0.2, 0.25) is 11.8 Å². The van der Waals surface area contributed by atoms with Gasteiger partial charge in [-0.2, -0.15) is 0 Å². The lowest BCUT2D eigenvalue weighted by Crippen LogP contribution is -2.50. The van der Waals surface area contributed by atoms with Gasteiger partial charge in [-0.1, -0.05) is 84.3 Å². The fourth-order valence-corrected chi connectivity index (χ4v) is 4.01. The second kappa shape index (κ2) is 21.1. The third-order valence-corrected chi connectivity index (χ3v) is 6.87. The third kappa shape index (κ3) is 17.3. The maximum absolute atomic E-state index is 12.3. The van der Waals surface area contributed by atoms with Crippen molar-refractivity contribution >= 4 is 17.8 Å². The van der Waals surface area contributed by atoms with E-state index in [1.807, 2.05) is 0 Å². The first kappa shape index (κ1) is 35.1. The van der Waals surface area contributed by atoms with Crippen molar-refractivity contribution in [3.05, 3.63) is 12.2 Å². The van der Waals surface area contributed by atoms with Crippen LogP contribution in [0.1, 0.15) is 118 Å². The van der Waals surface area contributed by atoms with Crippen molar-refractivity contribution in [3.8, 4) is 0 Å². The number of aliphatic hydroxyl groups excluding tert-OH is 2. The van der Waals surface area contributed by atoms with Crippen LogP contribution in [0.4, 0.5) is 0 Å². The summed E-state index contributed by atoms with van der Waals surface area (Å²) in [6.07, 6.45) is 18.8.